The Kier molecular flexibility index (Phi) is 2.22. The van der Waals surface area contributed by atoms with Crippen LogP contribution in [-0.2, 0) is 0 Å². The van der Waals surface area contributed by atoms with Crippen molar-refractivity contribution in [1.82, 2.24) is 14.9 Å². The molecule has 1 fully saturated rings. The molecule has 0 saturated carbocycles. The maximum atomic E-state index is 5.68. The van der Waals surface area contributed by atoms with Crippen LogP contribution in [0, 0.1) is 4.77 Å². The Morgan fingerprint density at radius 1 is 1.31 bits per heavy atom. The van der Waals surface area contributed by atoms with Crippen molar-refractivity contribution in [3.8, 4) is 0 Å². The fraction of sp³-hybridized carbons (Fsp3) is 0.714. The molecular formula is C7H13N5S. The number of anilines is 1. The fourth-order valence-corrected chi connectivity index (χ4v) is 1.91. The standard InChI is InChI=1S/C7H13N5S/c8-6-9-10-7(13)12(6)11-4-2-1-3-5-11/h1-5H2,(H2,8,9)(H,10,13). The summed E-state index contributed by atoms with van der Waals surface area (Å²) in [6.45, 7) is 2.02. The van der Waals surface area contributed by atoms with Gasteiger partial charge in [-0.05, 0) is 31.5 Å². The monoisotopic (exact) mass is 199 g/mol. The van der Waals surface area contributed by atoms with E-state index in [1.165, 1.54) is 19.3 Å². The second-order valence-corrected chi connectivity index (χ2v) is 3.60. The van der Waals surface area contributed by atoms with Crippen molar-refractivity contribution in [2.45, 2.75) is 19.3 Å². The molecule has 0 atom stereocenters. The molecule has 1 aliphatic rings. The number of hydrogen-bond acceptors (Lipinski definition) is 4. The molecule has 13 heavy (non-hydrogen) atoms. The zero-order chi connectivity index (χ0) is 9.26. The molecule has 0 aromatic carbocycles. The maximum absolute atomic E-state index is 5.68. The SMILES string of the molecule is Nc1n[nH]c(=S)n1N1CCCCC1. The summed E-state index contributed by atoms with van der Waals surface area (Å²) in [6.07, 6.45) is 3.69. The van der Waals surface area contributed by atoms with Gasteiger partial charge in [0, 0.05) is 13.1 Å². The van der Waals surface area contributed by atoms with Crippen molar-refractivity contribution in [2.24, 2.45) is 0 Å². The Labute approximate surface area is 81.5 Å². The number of hydrogen-bond donors (Lipinski definition) is 2. The molecule has 1 saturated heterocycles. The maximum Gasteiger partial charge on any atom is 0.239 e. The van der Waals surface area contributed by atoms with Crippen LogP contribution in [0.4, 0.5) is 5.95 Å². The minimum Gasteiger partial charge on any atom is -0.366 e. The lowest BCUT2D eigenvalue weighted by molar-refractivity contribution is 0.478. The lowest BCUT2D eigenvalue weighted by Gasteiger charge is -2.29. The van der Waals surface area contributed by atoms with E-state index >= 15 is 0 Å². The minimum atomic E-state index is 0.451. The molecule has 3 N–H and O–H groups in total. The second kappa shape index (κ2) is 3.37. The third-order valence-electron chi connectivity index (χ3n) is 2.29. The van der Waals surface area contributed by atoms with Crippen LogP contribution in [0.25, 0.3) is 0 Å². The van der Waals surface area contributed by atoms with Gasteiger partial charge in [0.1, 0.15) is 0 Å². The van der Waals surface area contributed by atoms with Gasteiger partial charge < -0.3 is 10.7 Å². The van der Waals surface area contributed by atoms with Gasteiger partial charge in [-0.15, -0.1) is 5.10 Å². The molecule has 0 amide bonds. The molecule has 0 radical (unpaired) electrons. The number of nitrogens with two attached hydrogens (primary N) is 1. The van der Waals surface area contributed by atoms with Crippen LogP contribution in [0.3, 0.4) is 0 Å². The highest BCUT2D eigenvalue weighted by molar-refractivity contribution is 7.71. The van der Waals surface area contributed by atoms with Gasteiger partial charge >= 0.3 is 0 Å². The molecule has 0 spiro atoms. The number of H-pyrrole nitrogens is 1. The number of aromatic nitrogens is 3. The third kappa shape index (κ3) is 1.53. The van der Waals surface area contributed by atoms with Crippen molar-refractivity contribution in [3.05, 3.63) is 4.77 Å². The van der Waals surface area contributed by atoms with E-state index in [1.54, 1.807) is 4.68 Å². The van der Waals surface area contributed by atoms with E-state index in [0.717, 1.165) is 13.1 Å². The summed E-state index contributed by atoms with van der Waals surface area (Å²) in [5, 5.41) is 8.70. The molecule has 5 nitrogen and oxygen atoms in total. The van der Waals surface area contributed by atoms with Crippen molar-refractivity contribution in [2.75, 3.05) is 23.8 Å². The molecule has 0 aliphatic carbocycles. The van der Waals surface area contributed by atoms with Gasteiger partial charge in [-0.2, -0.15) is 4.68 Å². The first-order valence-corrected chi connectivity index (χ1v) is 4.88. The highest BCUT2D eigenvalue weighted by Gasteiger charge is 2.13. The van der Waals surface area contributed by atoms with Crippen LogP contribution in [0.15, 0.2) is 0 Å². The Bertz CT molecular complexity index is 335. The van der Waals surface area contributed by atoms with E-state index in [2.05, 4.69) is 15.2 Å². The molecule has 2 rings (SSSR count). The number of nitrogen functional groups attached to an aromatic ring is 1. The van der Waals surface area contributed by atoms with Crippen LogP contribution in [-0.4, -0.2) is 28.0 Å². The van der Waals surface area contributed by atoms with Crippen LogP contribution >= 0.6 is 12.2 Å². The predicted molar refractivity (Wildman–Crippen MR) is 53.6 cm³/mol. The van der Waals surface area contributed by atoms with Crippen molar-refractivity contribution in [1.29, 1.82) is 0 Å². The lowest BCUT2D eigenvalue weighted by Crippen LogP contribution is -2.39. The number of nitrogens with one attached hydrogen (secondary N) is 1. The Balaban J connectivity index is 2.27. The van der Waals surface area contributed by atoms with E-state index in [1.807, 2.05) is 0 Å². The number of rotatable bonds is 1. The molecular weight excluding hydrogens is 186 g/mol. The van der Waals surface area contributed by atoms with Crippen LogP contribution < -0.4 is 10.7 Å². The first-order valence-electron chi connectivity index (χ1n) is 4.47. The quantitative estimate of drug-likeness (QED) is 0.652. The summed E-state index contributed by atoms with van der Waals surface area (Å²) in [5.74, 6) is 0.451. The van der Waals surface area contributed by atoms with Gasteiger partial charge in [-0.25, -0.2) is 5.10 Å². The van der Waals surface area contributed by atoms with Gasteiger partial charge in [0.25, 0.3) is 0 Å². The summed E-state index contributed by atoms with van der Waals surface area (Å²) < 4.78 is 2.37. The molecule has 1 aromatic heterocycles. The largest absolute Gasteiger partial charge is 0.366 e. The topological polar surface area (TPSA) is 62.9 Å². The Morgan fingerprint density at radius 3 is 2.54 bits per heavy atom. The van der Waals surface area contributed by atoms with Crippen molar-refractivity contribution in [3.63, 3.8) is 0 Å². The predicted octanol–water partition coefficient (Wildman–Crippen LogP) is 0.645. The van der Waals surface area contributed by atoms with Crippen molar-refractivity contribution < 1.29 is 0 Å². The van der Waals surface area contributed by atoms with Gasteiger partial charge in [-0.3, -0.25) is 0 Å². The zero-order valence-electron chi connectivity index (χ0n) is 7.36. The molecule has 1 aliphatic heterocycles. The van der Waals surface area contributed by atoms with Gasteiger partial charge in [0.05, 0.1) is 0 Å². The summed E-state index contributed by atoms with van der Waals surface area (Å²) in [6, 6.07) is 0. The number of piperidine rings is 1. The molecule has 2 heterocycles. The average Bonchev–Trinajstić information content (AvgIpc) is 2.48. The zero-order valence-corrected chi connectivity index (χ0v) is 8.18. The number of nitrogens with zero attached hydrogens (tertiary/aromatic N) is 3. The first kappa shape index (κ1) is 8.55. The highest BCUT2D eigenvalue weighted by Crippen LogP contribution is 2.10. The summed E-state index contributed by atoms with van der Waals surface area (Å²) in [4.78, 5) is 0. The normalized spacial score (nSPS) is 17.7. The molecule has 0 unspecified atom stereocenters. The highest BCUT2D eigenvalue weighted by atomic mass is 32.1. The molecule has 1 aromatic rings. The first-order chi connectivity index (χ1) is 6.29. The second-order valence-electron chi connectivity index (χ2n) is 3.21. The Morgan fingerprint density at radius 2 is 2.00 bits per heavy atom. The average molecular weight is 199 g/mol. The summed E-state index contributed by atoms with van der Waals surface area (Å²) in [7, 11) is 0. The van der Waals surface area contributed by atoms with E-state index in [4.69, 9.17) is 18.0 Å². The molecule has 0 bridgehead atoms. The van der Waals surface area contributed by atoms with Crippen LogP contribution in [0.1, 0.15) is 19.3 Å². The van der Waals surface area contributed by atoms with Crippen LogP contribution in [0.5, 0.6) is 0 Å². The Hall–Kier alpha value is -1.04. The van der Waals surface area contributed by atoms with Gasteiger partial charge in [-0.1, -0.05) is 0 Å². The molecule has 72 valence electrons. The van der Waals surface area contributed by atoms with Gasteiger partial charge in [0.15, 0.2) is 0 Å². The summed E-state index contributed by atoms with van der Waals surface area (Å²) in [5.41, 5.74) is 5.68. The fourth-order valence-electron chi connectivity index (χ4n) is 1.65. The number of aromatic amines is 1. The smallest absolute Gasteiger partial charge is 0.239 e. The van der Waals surface area contributed by atoms with Crippen molar-refractivity contribution >= 4 is 18.2 Å². The lowest BCUT2D eigenvalue weighted by atomic mass is 10.2. The minimum absolute atomic E-state index is 0.451. The van der Waals surface area contributed by atoms with E-state index in [-0.39, 0.29) is 0 Å². The van der Waals surface area contributed by atoms with E-state index in [0.29, 0.717) is 10.7 Å². The van der Waals surface area contributed by atoms with E-state index < -0.39 is 0 Å². The van der Waals surface area contributed by atoms with E-state index in [9.17, 15) is 0 Å². The van der Waals surface area contributed by atoms with Gasteiger partial charge in [0.2, 0.25) is 10.7 Å². The third-order valence-corrected chi connectivity index (χ3v) is 2.55. The summed E-state index contributed by atoms with van der Waals surface area (Å²) >= 11 is 5.08. The van der Waals surface area contributed by atoms with Crippen LogP contribution in [0.2, 0.25) is 0 Å². The molecule has 6 heteroatoms.